The third-order valence-electron chi connectivity index (χ3n) is 17.8. The molecule has 0 saturated carbocycles. The summed E-state index contributed by atoms with van der Waals surface area (Å²) in [6.07, 6.45) is 13.6. The summed E-state index contributed by atoms with van der Waals surface area (Å²) < 4.78 is 9.71. The molecule has 17 rings (SSSR count). The zero-order valence-electron chi connectivity index (χ0n) is 46.2. The van der Waals surface area contributed by atoms with E-state index in [2.05, 4.69) is 303 Å². The number of allylic oxidation sites excluding steroid dienone is 5. The van der Waals surface area contributed by atoms with E-state index in [0.29, 0.717) is 0 Å². The van der Waals surface area contributed by atoms with E-state index in [1.165, 1.54) is 105 Å². The highest BCUT2D eigenvalue weighted by atomic mass is 15.1. The SMILES string of the molecule is C1=CCCC(C2=Cc3c(n(-c4ccccc4)c4ccc(-n5c6ccc(-c7ccccc7)cc6c6cc(-c7ccc8c(c7)c7cc(-c9ccccc9)ccc7n8-c7ccc(-c8nc9ccccc9n8-c8ccccc8)cc7)ccc65)cc34)CC2)=C1. The first-order chi connectivity index (χ1) is 41.6. The molecule has 4 aromatic heterocycles. The van der Waals surface area contributed by atoms with Crippen molar-refractivity contribution in [1.29, 1.82) is 0 Å². The smallest absolute Gasteiger partial charge is 0.145 e. The molecule has 84 heavy (non-hydrogen) atoms. The van der Waals surface area contributed by atoms with Gasteiger partial charge in [-0.15, -0.1) is 0 Å². The van der Waals surface area contributed by atoms with Crippen molar-refractivity contribution < 1.29 is 0 Å². The first-order valence-electron chi connectivity index (χ1n) is 29.4. The highest BCUT2D eigenvalue weighted by molar-refractivity contribution is 6.14. The molecule has 0 aliphatic heterocycles. The molecular formula is C79H55N5. The molecule has 0 bridgehead atoms. The number of rotatable bonds is 9. The Morgan fingerprint density at radius 2 is 0.750 bits per heavy atom. The maximum Gasteiger partial charge on any atom is 0.145 e. The predicted octanol–water partition coefficient (Wildman–Crippen LogP) is 20.4. The first kappa shape index (κ1) is 48.0. The Balaban J connectivity index is 0.829. The Labute approximate surface area is 486 Å². The van der Waals surface area contributed by atoms with Gasteiger partial charge in [-0.3, -0.25) is 4.57 Å². The van der Waals surface area contributed by atoms with Gasteiger partial charge in [-0.1, -0.05) is 152 Å². The highest BCUT2D eigenvalue weighted by Crippen LogP contribution is 2.44. The van der Waals surface area contributed by atoms with Gasteiger partial charge in [-0.05, 0) is 204 Å². The first-order valence-corrected chi connectivity index (χ1v) is 29.4. The van der Waals surface area contributed by atoms with Crippen molar-refractivity contribution in [1.82, 2.24) is 23.3 Å². The molecule has 0 spiro atoms. The van der Waals surface area contributed by atoms with Gasteiger partial charge in [-0.25, -0.2) is 4.98 Å². The molecule has 0 saturated heterocycles. The van der Waals surface area contributed by atoms with Crippen LogP contribution in [0.5, 0.6) is 0 Å². The number of fused-ring (bicyclic) bond motifs is 10. The molecular weight excluding hydrogens is 1020 g/mol. The van der Waals surface area contributed by atoms with E-state index in [1.54, 1.807) is 0 Å². The maximum absolute atomic E-state index is 5.20. The van der Waals surface area contributed by atoms with E-state index in [4.69, 9.17) is 4.98 Å². The van der Waals surface area contributed by atoms with E-state index in [-0.39, 0.29) is 0 Å². The number of benzene rings is 11. The fourth-order valence-electron chi connectivity index (χ4n) is 13.8. The molecule has 396 valence electrons. The zero-order chi connectivity index (χ0) is 55.2. The van der Waals surface area contributed by atoms with Crippen LogP contribution in [0.4, 0.5) is 0 Å². The number of hydrogen-bond acceptors (Lipinski definition) is 1. The largest absolute Gasteiger partial charge is 0.313 e. The van der Waals surface area contributed by atoms with Crippen LogP contribution in [0.1, 0.15) is 30.5 Å². The summed E-state index contributed by atoms with van der Waals surface area (Å²) in [5.74, 6) is 0.917. The standard InChI is InChI=1S/C79H55N5/c1-6-18-52(19-7-1)56-32-40-72-65(46-56)67-49-59(35-43-73(67)82(72)63-37-30-55(31-38-63)79-80-71-28-16-17-29-78(71)84(79)62-26-14-5-15-27-62)60-36-44-76-68(50-60)66-47-57(53-20-8-2-9-21-53)34-42-75(66)83(76)64-39-45-77-70(51-64)69-48-58(54-22-10-3-11-23-54)33-41-74(69)81(77)61-24-12-4-13-25-61/h1-10,12-22,24-32,34-40,42-51H,11,23,33,41H2. The van der Waals surface area contributed by atoms with Gasteiger partial charge in [0.2, 0.25) is 0 Å². The van der Waals surface area contributed by atoms with Crippen LogP contribution < -0.4 is 0 Å². The molecule has 0 unspecified atom stereocenters. The zero-order valence-corrected chi connectivity index (χ0v) is 46.2. The van der Waals surface area contributed by atoms with Crippen LogP contribution in [0, 0.1) is 0 Å². The lowest BCUT2D eigenvalue weighted by atomic mass is 9.87. The summed E-state index contributed by atoms with van der Waals surface area (Å²) >= 11 is 0. The van der Waals surface area contributed by atoms with Crippen LogP contribution in [-0.2, 0) is 6.42 Å². The maximum atomic E-state index is 5.20. The van der Waals surface area contributed by atoms with E-state index < -0.39 is 0 Å². The lowest BCUT2D eigenvalue weighted by Crippen LogP contribution is -2.06. The normalized spacial score (nSPS) is 13.4. The average Bonchev–Trinajstić information content (AvgIpc) is 4.49. The van der Waals surface area contributed by atoms with E-state index in [1.807, 2.05) is 0 Å². The van der Waals surface area contributed by atoms with Crippen molar-refractivity contribution in [3.8, 4) is 67.5 Å². The lowest BCUT2D eigenvalue weighted by molar-refractivity contribution is 0.840. The second-order valence-corrected chi connectivity index (χ2v) is 22.5. The van der Waals surface area contributed by atoms with E-state index >= 15 is 0 Å². The van der Waals surface area contributed by atoms with Gasteiger partial charge in [0.1, 0.15) is 5.82 Å². The van der Waals surface area contributed by atoms with Crippen molar-refractivity contribution in [3.05, 3.63) is 301 Å². The Morgan fingerprint density at radius 3 is 1.31 bits per heavy atom. The molecule has 11 aromatic carbocycles. The highest BCUT2D eigenvalue weighted by Gasteiger charge is 2.25. The van der Waals surface area contributed by atoms with Gasteiger partial charge in [0, 0.05) is 66.5 Å². The predicted molar refractivity (Wildman–Crippen MR) is 351 cm³/mol. The van der Waals surface area contributed by atoms with Gasteiger partial charge >= 0.3 is 0 Å². The van der Waals surface area contributed by atoms with Crippen molar-refractivity contribution in [3.63, 3.8) is 0 Å². The average molecular weight is 1070 g/mol. The Bertz CT molecular complexity index is 5200. The summed E-state index contributed by atoms with van der Waals surface area (Å²) in [4.78, 5) is 5.20. The summed E-state index contributed by atoms with van der Waals surface area (Å²) in [7, 11) is 0. The molecule has 0 fully saturated rings. The van der Waals surface area contributed by atoms with E-state index in [0.717, 1.165) is 76.2 Å². The van der Waals surface area contributed by atoms with Crippen molar-refractivity contribution in [2.75, 3.05) is 0 Å². The van der Waals surface area contributed by atoms with Gasteiger partial charge in [0.05, 0.1) is 38.6 Å². The molecule has 4 heterocycles. The minimum atomic E-state index is 0.917. The number of imidazole rings is 1. The van der Waals surface area contributed by atoms with Crippen molar-refractivity contribution in [2.45, 2.75) is 25.7 Å². The van der Waals surface area contributed by atoms with Crippen molar-refractivity contribution >= 4 is 71.6 Å². The van der Waals surface area contributed by atoms with Gasteiger partial charge in [0.25, 0.3) is 0 Å². The van der Waals surface area contributed by atoms with Crippen LogP contribution in [0.15, 0.2) is 290 Å². The molecule has 0 atom stereocenters. The minimum Gasteiger partial charge on any atom is -0.313 e. The molecule has 15 aromatic rings. The Kier molecular flexibility index (Phi) is 11.1. The Morgan fingerprint density at radius 1 is 0.298 bits per heavy atom. The molecule has 2 aliphatic rings. The Hall–Kier alpha value is -10.8. The molecule has 0 radical (unpaired) electrons. The monoisotopic (exact) mass is 1070 g/mol. The fraction of sp³-hybridized carbons (Fsp3) is 0.0506. The molecule has 0 N–H and O–H groups in total. The van der Waals surface area contributed by atoms with E-state index in [9.17, 15) is 0 Å². The summed E-state index contributed by atoms with van der Waals surface area (Å²) in [6, 6.07) is 95.7. The van der Waals surface area contributed by atoms with Gasteiger partial charge in [0.15, 0.2) is 0 Å². The molecule has 5 heteroatoms. The molecule has 0 amide bonds. The van der Waals surface area contributed by atoms with Gasteiger partial charge < -0.3 is 13.7 Å². The summed E-state index contributed by atoms with van der Waals surface area (Å²) in [6.45, 7) is 0. The number of nitrogens with zero attached hydrogens (tertiary/aromatic N) is 5. The summed E-state index contributed by atoms with van der Waals surface area (Å²) in [5.41, 5.74) is 26.4. The van der Waals surface area contributed by atoms with Crippen LogP contribution in [0.2, 0.25) is 0 Å². The third kappa shape index (κ3) is 7.81. The van der Waals surface area contributed by atoms with Crippen LogP contribution in [0.25, 0.3) is 139 Å². The number of para-hydroxylation sites is 4. The summed E-state index contributed by atoms with van der Waals surface area (Å²) in [5, 5.41) is 6.15. The van der Waals surface area contributed by atoms with Crippen LogP contribution >= 0.6 is 0 Å². The number of hydrogen-bond donors (Lipinski definition) is 0. The van der Waals surface area contributed by atoms with Crippen LogP contribution in [-0.4, -0.2) is 23.3 Å². The third-order valence-corrected chi connectivity index (χ3v) is 17.8. The fourth-order valence-corrected chi connectivity index (χ4v) is 13.8. The molecule has 5 nitrogen and oxygen atoms in total. The van der Waals surface area contributed by atoms with Crippen molar-refractivity contribution in [2.24, 2.45) is 0 Å². The topological polar surface area (TPSA) is 32.6 Å². The van der Waals surface area contributed by atoms with Crippen LogP contribution in [0.3, 0.4) is 0 Å². The lowest BCUT2D eigenvalue weighted by Gasteiger charge is -2.20. The van der Waals surface area contributed by atoms with Gasteiger partial charge in [-0.2, -0.15) is 0 Å². The second-order valence-electron chi connectivity index (χ2n) is 22.5. The minimum absolute atomic E-state index is 0.917. The quantitative estimate of drug-likeness (QED) is 0.142. The number of aromatic nitrogens is 5. The molecule has 2 aliphatic carbocycles. The second kappa shape index (κ2) is 19.5.